The number of rotatable bonds is 7. The summed E-state index contributed by atoms with van der Waals surface area (Å²) in [7, 11) is 0. The average molecular weight is 461 g/mol. The first kappa shape index (κ1) is 22.0. The van der Waals surface area contributed by atoms with E-state index in [1.54, 1.807) is 84.5 Å². The number of esters is 1. The van der Waals surface area contributed by atoms with E-state index in [9.17, 15) is 14.4 Å². The third-order valence-corrected chi connectivity index (χ3v) is 5.50. The number of nitrogens with one attached hydrogen (secondary N) is 2. The number of ether oxygens (including phenoxy) is 1. The van der Waals surface area contributed by atoms with Gasteiger partial charge in [0.1, 0.15) is 0 Å². The molecule has 0 aliphatic heterocycles. The van der Waals surface area contributed by atoms with E-state index in [0.29, 0.717) is 27.5 Å². The van der Waals surface area contributed by atoms with Crippen molar-refractivity contribution < 1.29 is 19.1 Å². The molecule has 2 aromatic carbocycles. The highest BCUT2D eigenvalue weighted by Gasteiger charge is 2.15. The predicted octanol–water partition coefficient (Wildman–Crippen LogP) is 4.62. The van der Waals surface area contributed by atoms with Gasteiger partial charge in [0, 0.05) is 11.9 Å². The van der Waals surface area contributed by atoms with Crippen molar-refractivity contribution in [1.82, 2.24) is 9.78 Å². The maximum atomic E-state index is 12.9. The van der Waals surface area contributed by atoms with Crippen LogP contribution in [0.25, 0.3) is 5.69 Å². The molecule has 0 aliphatic carbocycles. The van der Waals surface area contributed by atoms with E-state index in [0.717, 1.165) is 0 Å². The highest BCUT2D eigenvalue weighted by Crippen LogP contribution is 2.20. The molecule has 2 heterocycles. The van der Waals surface area contributed by atoms with Crippen LogP contribution in [0.3, 0.4) is 0 Å². The highest BCUT2D eigenvalue weighted by molar-refractivity contribution is 7.12. The van der Waals surface area contributed by atoms with Crippen molar-refractivity contribution in [3.63, 3.8) is 0 Å². The molecule has 4 rings (SSSR count). The zero-order chi connectivity index (χ0) is 23.2. The first-order chi connectivity index (χ1) is 16.0. The minimum Gasteiger partial charge on any atom is -0.461 e. The lowest BCUT2D eigenvalue weighted by Gasteiger charge is -2.11. The highest BCUT2D eigenvalue weighted by atomic mass is 32.1. The standard InChI is InChI=1S/C24H20N4O4S/c1-2-32-24(31)20-13-14-28(27-20)17-11-9-16(10-12-17)25-22(29)18-6-3-4-7-19(18)26-23(30)21-8-5-15-33-21/h3-15H,2H2,1H3,(H,25,29)(H,26,30). The molecule has 0 saturated carbocycles. The molecule has 0 atom stereocenters. The number of carbonyl (C=O) groups excluding carboxylic acids is 3. The summed E-state index contributed by atoms with van der Waals surface area (Å²) >= 11 is 1.33. The summed E-state index contributed by atoms with van der Waals surface area (Å²) < 4.78 is 6.50. The van der Waals surface area contributed by atoms with Crippen molar-refractivity contribution in [3.8, 4) is 5.69 Å². The molecule has 0 spiro atoms. The summed E-state index contributed by atoms with van der Waals surface area (Å²) in [5.74, 6) is -1.10. The summed E-state index contributed by atoms with van der Waals surface area (Å²) in [6.07, 6.45) is 1.66. The molecule has 2 amide bonds. The van der Waals surface area contributed by atoms with Gasteiger partial charge in [0.25, 0.3) is 11.8 Å². The van der Waals surface area contributed by atoms with Gasteiger partial charge in [-0.1, -0.05) is 18.2 Å². The van der Waals surface area contributed by atoms with Crippen molar-refractivity contribution in [3.05, 3.63) is 94.4 Å². The Morgan fingerprint density at radius 1 is 0.939 bits per heavy atom. The molecule has 2 N–H and O–H groups in total. The van der Waals surface area contributed by atoms with Crippen molar-refractivity contribution in [2.75, 3.05) is 17.2 Å². The van der Waals surface area contributed by atoms with Crippen LogP contribution in [0.1, 0.15) is 37.4 Å². The van der Waals surface area contributed by atoms with Gasteiger partial charge < -0.3 is 15.4 Å². The van der Waals surface area contributed by atoms with Crippen molar-refractivity contribution in [2.24, 2.45) is 0 Å². The zero-order valence-electron chi connectivity index (χ0n) is 17.6. The van der Waals surface area contributed by atoms with Crippen molar-refractivity contribution in [2.45, 2.75) is 6.92 Å². The van der Waals surface area contributed by atoms with Crippen LogP contribution < -0.4 is 10.6 Å². The number of para-hydroxylation sites is 1. The van der Waals surface area contributed by atoms with Gasteiger partial charge in [-0.15, -0.1) is 11.3 Å². The number of carbonyl (C=O) groups is 3. The normalized spacial score (nSPS) is 10.5. The molecule has 9 heteroatoms. The van der Waals surface area contributed by atoms with Crippen LogP contribution in [0.4, 0.5) is 11.4 Å². The minimum atomic E-state index is -0.482. The van der Waals surface area contributed by atoms with Crippen LogP contribution in [-0.2, 0) is 4.74 Å². The van der Waals surface area contributed by atoms with Gasteiger partial charge in [0.05, 0.1) is 28.4 Å². The summed E-state index contributed by atoms with van der Waals surface area (Å²) in [6.45, 7) is 2.01. The van der Waals surface area contributed by atoms with E-state index in [1.807, 2.05) is 5.38 Å². The molecule has 0 fully saturated rings. The van der Waals surface area contributed by atoms with E-state index in [2.05, 4.69) is 15.7 Å². The van der Waals surface area contributed by atoms with Gasteiger partial charge in [-0.3, -0.25) is 9.59 Å². The molecular weight excluding hydrogens is 440 g/mol. The lowest BCUT2D eigenvalue weighted by molar-refractivity contribution is 0.0518. The molecule has 0 aliphatic rings. The first-order valence-electron chi connectivity index (χ1n) is 10.1. The molecule has 2 aromatic heterocycles. The summed E-state index contributed by atoms with van der Waals surface area (Å²) in [4.78, 5) is 37.6. The quantitative estimate of drug-likeness (QED) is 0.392. The number of hydrogen-bond donors (Lipinski definition) is 2. The topological polar surface area (TPSA) is 102 Å². The second-order valence-corrected chi connectivity index (χ2v) is 7.79. The van der Waals surface area contributed by atoms with Crippen molar-refractivity contribution >= 4 is 40.5 Å². The summed E-state index contributed by atoms with van der Waals surface area (Å²) in [6, 6.07) is 18.9. The SMILES string of the molecule is CCOC(=O)c1ccn(-c2ccc(NC(=O)c3ccccc3NC(=O)c3cccs3)cc2)n1. The van der Waals surface area contributed by atoms with Gasteiger partial charge in [-0.25, -0.2) is 9.48 Å². The Morgan fingerprint density at radius 2 is 1.73 bits per heavy atom. The number of benzene rings is 2. The smallest absolute Gasteiger partial charge is 0.358 e. The Kier molecular flexibility index (Phi) is 6.61. The lowest BCUT2D eigenvalue weighted by Crippen LogP contribution is -2.17. The zero-order valence-corrected chi connectivity index (χ0v) is 18.5. The average Bonchev–Trinajstić information content (AvgIpc) is 3.53. The van der Waals surface area contributed by atoms with Crippen molar-refractivity contribution in [1.29, 1.82) is 0 Å². The fourth-order valence-corrected chi connectivity index (χ4v) is 3.68. The molecule has 166 valence electrons. The number of nitrogens with zero attached hydrogens (tertiary/aromatic N) is 2. The molecule has 33 heavy (non-hydrogen) atoms. The fourth-order valence-electron chi connectivity index (χ4n) is 3.06. The monoisotopic (exact) mass is 460 g/mol. The van der Waals surface area contributed by atoms with Crippen LogP contribution in [0.5, 0.6) is 0 Å². The molecule has 8 nitrogen and oxygen atoms in total. The first-order valence-corrected chi connectivity index (χ1v) is 11.0. The number of aromatic nitrogens is 2. The Labute approximate surface area is 193 Å². The van der Waals surface area contributed by atoms with E-state index in [-0.39, 0.29) is 24.1 Å². The molecular formula is C24H20N4O4S. The fraction of sp³-hybridized carbons (Fsp3) is 0.0833. The second kappa shape index (κ2) is 9.92. The Balaban J connectivity index is 1.45. The molecule has 0 radical (unpaired) electrons. The van der Waals surface area contributed by atoms with Gasteiger partial charge in [0.2, 0.25) is 0 Å². The van der Waals surface area contributed by atoms with Gasteiger partial charge >= 0.3 is 5.97 Å². The van der Waals surface area contributed by atoms with E-state index in [4.69, 9.17) is 4.74 Å². The molecule has 0 unspecified atom stereocenters. The van der Waals surface area contributed by atoms with Crippen LogP contribution >= 0.6 is 11.3 Å². The maximum absolute atomic E-state index is 12.9. The van der Waals surface area contributed by atoms with E-state index >= 15 is 0 Å². The van der Waals surface area contributed by atoms with Gasteiger partial charge in [-0.2, -0.15) is 5.10 Å². The Bertz CT molecular complexity index is 1280. The van der Waals surface area contributed by atoms with E-state index in [1.165, 1.54) is 11.3 Å². The van der Waals surface area contributed by atoms with Gasteiger partial charge in [0.15, 0.2) is 5.69 Å². The number of anilines is 2. The van der Waals surface area contributed by atoms with Crippen LogP contribution in [0, 0.1) is 0 Å². The number of hydrogen-bond acceptors (Lipinski definition) is 6. The largest absolute Gasteiger partial charge is 0.461 e. The van der Waals surface area contributed by atoms with Crippen LogP contribution in [0.2, 0.25) is 0 Å². The lowest BCUT2D eigenvalue weighted by atomic mass is 10.1. The third-order valence-electron chi connectivity index (χ3n) is 4.63. The molecule has 0 bridgehead atoms. The maximum Gasteiger partial charge on any atom is 0.358 e. The number of thiophene rings is 1. The van der Waals surface area contributed by atoms with Gasteiger partial charge in [-0.05, 0) is 60.8 Å². The third kappa shape index (κ3) is 5.16. The van der Waals surface area contributed by atoms with Crippen LogP contribution in [-0.4, -0.2) is 34.2 Å². The minimum absolute atomic E-state index is 0.218. The Hall–Kier alpha value is -4.24. The summed E-state index contributed by atoms with van der Waals surface area (Å²) in [5.41, 5.74) is 2.27. The molecule has 4 aromatic rings. The second-order valence-electron chi connectivity index (χ2n) is 6.84. The Morgan fingerprint density at radius 3 is 2.45 bits per heavy atom. The number of amides is 2. The van der Waals surface area contributed by atoms with E-state index < -0.39 is 5.97 Å². The summed E-state index contributed by atoms with van der Waals surface area (Å²) in [5, 5.41) is 11.7. The van der Waals surface area contributed by atoms with Crippen LogP contribution in [0.15, 0.2) is 78.3 Å². The molecule has 0 saturated heterocycles. The predicted molar refractivity (Wildman–Crippen MR) is 126 cm³/mol.